The van der Waals surface area contributed by atoms with Gasteiger partial charge in [0.05, 0.1) is 0 Å². The van der Waals surface area contributed by atoms with Crippen LogP contribution in [0.4, 0.5) is 5.95 Å². The molecule has 0 radical (unpaired) electrons. The number of anilines is 1. The maximum absolute atomic E-state index is 4.14. The van der Waals surface area contributed by atoms with Crippen molar-refractivity contribution in [3.63, 3.8) is 0 Å². The fourth-order valence-corrected chi connectivity index (χ4v) is 2.36. The summed E-state index contributed by atoms with van der Waals surface area (Å²) in [6, 6.07) is 2.59. The van der Waals surface area contributed by atoms with Gasteiger partial charge in [-0.05, 0) is 38.8 Å². The van der Waals surface area contributed by atoms with E-state index < -0.39 is 0 Å². The second-order valence-electron chi connectivity index (χ2n) is 4.73. The molecule has 2 rings (SSSR count). The summed E-state index contributed by atoms with van der Waals surface area (Å²) in [7, 11) is 0. The molecule has 4 nitrogen and oxygen atoms in total. The minimum atomic E-state index is 0.735. The van der Waals surface area contributed by atoms with Crippen molar-refractivity contribution in [2.24, 2.45) is 0 Å². The van der Waals surface area contributed by atoms with Gasteiger partial charge in [0.25, 0.3) is 0 Å². The Labute approximate surface area is 103 Å². The third kappa shape index (κ3) is 3.97. The lowest BCUT2D eigenvalue weighted by atomic mass is 10.0. The second-order valence-corrected chi connectivity index (χ2v) is 4.73. The van der Waals surface area contributed by atoms with Gasteiger partial charge in [-0.25, -0.2) is 9.97 Å². The van der Waals surface area contributed by atoms with Crippen LogP contribution in [0.25, 0.3) is 0 Å². The van der Waals surface area contributed by atoms with E-state index in [-0.39, 0.29) is 0 Å². The van der Waals surface area contributed by atoms with E-state index in [0.29, 0.717) is 0 Å². The molecule has 94 valence electrons. The molecule has 0 amide bonds. The third-order valence-corrected chi connectivity index (χ3v) is 3.41. The summed E-state index contributed by atoms with van der Waals surface area (Å²) in [4.78, 5) is 10.9. The van der Waals surface area contributed by atoms with Gasteiger partial charge < -0.3 is 10.2 Å². The largest absolute Gasteiger partial charge is 0.354 e. The van der Waals surface area contributed by atoms with Gasteiger partial charge in [-0.15, -0.1) is 0 Å². The van der Waals surface area contributed by atoms with Crippen LogP contribution in [0.5, 0.6) is 0 Å². The summed E-state index contributed by atoms with van der Waals surface area (Å²) in [6.45, 7) is 5.74. The molecule has 1 aliphatic rings. The van der Waals surface area contributed by atoms with E-state index in [4.69, 9.17) is 0 Å². The van der Waals surface area contributed by atoms with Gasteiger partial charge in [0.15, 0.2) is 0 Å². The lowest BCUT2D eigenvalue weighted by molar-refractivity contribution is 0.160. The molecule has 1 aliphatic heterocycles. The zero-order valence-electron chi connectivity index (χ0n) is 10.6. The average molecular weight is 234 g/mol. The summed E-state index contributed by atoms with van der Waals surface area (Å²) in [5.41, 5.74) is 0. The van der Waals surface area contributed by atoms with Gasteiger partial charge in [0.2, 0.25) is 5.95 Å². The minimum Gasteiger partial charge on any atom is -0.354 e. The molecule has 0 saturated carbocycles. The number of rotatable bonds is 5. The van der Waals surface area contributed by atoms with E-state index in [0.717, 1.165) is 25.0 Å². The molecule has 17 heavy (non-hydrogen) atoms. The van der Waals surface area contributed by atoms with Crippen molar-refractivity contribution in [3.8, 4) is 0 Å². The molecule has 0 bridgehead atoms. The van der Waals surface area contributed by atoms with Crippen molar-refractivity contribution in [1.82, 2.24) is 14.9 Å². The van der Waals surface area contributed by atoms with E-state index in [1.165, 1.54) is 32.4 Å². The predicted molar refractivity (Wildman–Crippen MR) is 70.0 cm³/mol. The Morgan fingerprint density at radius 3 is 2.94 bits per heavy atom. The molecule has 0 aliphatic carbocycles. The van der Waals surface area contributed by atoms with Gasteiger partial charge in [-0.2, -0.15) is 0 Å². The molecule has 1 atom stereocenters. The number of nitrogens with zero attached hydrogens (tertiary/aromatic N) is 3. The number of nitrogens with one attached hydrogen (secondary N) is 1. The van der Waals surface area contributed by atoms with Crippen LogP contribution in [0.15, 0.2) is 18.5 Å². The Bertz CT molecular complexity index is 314. The third-order valence-electron chi connectivity index (χ3n) is 3.41. The molecular formula is C13H22N4. The molecule has 1 aromatic rings. The van der Waals surface area contributed by atoms with E-state index in [9.17, 15) is 0 Å². The van der Waals surface area contributed by atoms with Crippen LogP contribution >= 0.6 is 0 Å². The van der Waals surface area contributed by atoms with Crippen LogP contribution in [0.3, 0.4) is 0 Å². The number of aromatic nitrogens is 2. The average Bonchev–Trinajstić information content (AvgIpc) is 2.38. The second kappa shape index (κ2) is 6.55. The van der Waals surface area contributed by atoms with Crippen LogP contribution in [-0.4, -0.2) is 40.5 Å². The fourth-order valence-electron chi connectivity index (χ4n) is 2.36. The van der Waals surface area contributed by atoms with E-state index in [1.54, 1.807) is 12.4 Å². The quantitative estimate of drug-likeness (QED) is 0.793. The number of hydrogen-bond donors (Lipinski definition) is 1. The van der Waals surface area contributed by atoms with E-state index in [1.807, 2.05) is 6.07 Å². The zero-order chi connectivity index (χ0) is 11.9. The van der Waals surface area contributed by atoms with Crippen molar-refractivity contribution in [2.45, 2.75) is 38.6 Å². The Kier molecular flexibility index (Phi) is 4.74. The molecule has 1 saturated heterocycles. The van der Waals surface area contributed by atoms with Gasteiger partial charge in [-0.3, -0.25) is 0 Å². The van der Waals surface area contributed by atoms with Crippen LogP contribution in [-0.2, 0) is 0 Å². The lowest BCUT2D eigenvalue weighted by Gasteiger charge is -2.33. The maximum Gasteiger partial charge on any atom is 0.222 e. The molecule has 0 spiro atoms. The first kappa shape index (κ1) is 12.3. The highest BCUT2D eigenvalue weighted by Gasteiger charge is 2.16. The van der Waals surface area contributed by atoms with E-state index in [2.05, 4.69) is 27.1 Å². The van der Waals surface area contributed by atoms with Crippen LogP contribution in [0.2, 0.25) is 0 Å². The first-order chi connectivity index (χ1) is 8.36. The van der Waals surface area contributed by atoms with Crippen molar-refractivity contribution < 1.29 is 0 Å². The van der Waals surface area contributed by atoms with Crippen molar-refractivity contribution in [1.29, 1.82) is 0 Å². The highest BCUT2D eigenvalue weighted by atomic mass is 15.2. The monoisotopic (exact) mass is 234 g/mol. The standard InChI is InChI=1S/C13H22N4/c1-12-6-2-3-10-17(12)11-5-9-16-13-14-7-4-8-15-13/h4,7-8,12H,2-3,5-6,9-11H2,1H3,(H,14,15,16). The number of likely N-dealkylation sites (tertiary alicyclic amines) is 1. The molecule has 1 aromatic heterocycles. The highest BCUT2D eigenvalue weighted by molar-refractivity contribution is 5.21. The van der Waals surface area contributed by atoms with Gasteiger partial charge >= 0.3 is 0 Å². The van der Waals surface area contributed by atoms with Gasteiger partial charge in [-0.1, -0.05) is 6.42 Å². The zero-order valence-corrected chi connectivity index (χ0v) is 10.6. The first-order valence-corrected chi connectivity index (χ1v) is 6.61. The molecule has 4 heteroatoms. The summed E-state index contributed by atoms with van der Waals surface area (Å²) in [5.74, 6) is 0.735. The Morgan fingerprint density at radius 1 is 1.35 bits per heavy atom. The predicted octanol–water partition coefficient (Wildman–Crippen LogP) is 2.15. The van der Waals surface area contributed by atoms with Crippen LogP contribution < -0.4 is 5.32 Å². The minimum absolute atomic E-state index is 0.735. The van der Waals surface area contributed by atoms with Crippen LogP contribution in [0.1, 0.15) is 32.6 Å². The summed E-state index contributed by atoms with van der Waals surface area (Å²) in [6.07, 6.45) is 8.80. The molecule has 2 heterocycles. The van der Waals surface area contributed by atoms with E-state index >= 15 is 0 Å². The van der Waals surface area contributed by atoms with Crippen LogP contribution in [0, 0.1) is 0 Å². The Hall–Kier alpha value is -1.16. The molecule has 1 unspecified atom stereocenters. The normalized spacial score (nSPS) is 21.4. The topological polar surface area (TPSA) is 41.0 Å². The molecule has 1 fully saturated rings. The van der Waals surface area contributed by atoms with Gasteiger partial charge in [0, 0.05) is 31.5 Å². The molecular weight excluding hydrogens is 212 g/mol. The summed E-state index contributed by atoms with van der Waals surface area (Å²) in [5, 5.41) is 3.25. The Balaban J connectivity index is 1.63. The lowest BCUT2D eigenvalue weighted by Crippen LogP contribution is -2.38. The fraction of sp³-hybridized carbons (Fsp3) is 0.692. The van der Waals surface area contributed by atoms with Crippen molar-refractivity contribution in [2.75, 3.05) is 25.0 Å². The first-order valence-electron chi connectivity index (χ1n) is 6.61. The SMILES string of the molecule is CC1CCCCN1CCCNc1ncccn1. The highest BCUT2D eigenvalue weighted by Crippen LogP contribution is 2.16. The van der Waals surface area contributed by atoms with Crippen molar-refractivity contribution >= 4 is 5.95 Å². The number of hydrogen-bond acceptors (Lipinski definition) is 4. The summed E-state index contributed by atoms with van der Waals surface area (Å²) >= 11 is 0. The van der Waals surface area contributed by atoms with Gasteiger partial charge in [0.1, 0.15) is 0 Å². The summed E-state index contributed by atoms with van der Waals surface area (Å²) < 4.78 is 0. The number of piperidine rings is 1. The smallest absolute Gasteiger partial charge is 0.222 e. The Morgan fingerprint density at radius 2 is 2.18 bits per heavy atom. The van der Waals surface area contributed by atoms with Crippen molar-refractivity contribution in [3.05, 3.63) is 18.5 Å². The molecule has 1 N–H and O–H groups in total. The molecule has 0 aromatic carbocycles. The maximum atomic E-state index is 4.14.